The molecule has 0 fully saturated rings. The molecule has 0 atom stereocenters. The lowest BCUT2D eigenvalue weighted by Gasteiger charge is -2.07. The van der Waals surface area contributed by atoms with Crippen LogP contribution in [0.3, 0.4) is 0 Å². The third-order valence-corrected chi connectivity index (χ3v) is 4.22. The van der Waals surface area contributed by atoms with Crippen LogP contribution in [0.25, 0.3) is 11.3 Å². The van der Waals surface area contributed by atoms with Crippen LogP contribution >= 0.6 is 0 Å². The van der Waals surface area contributed by atoms with Crippen molar-refractivity contribution in [1.29, 1.82) is 0 Å². The first-order valence-corrected chi connectivity index (χ1v) is 8.73. The fraction of sp³-hybridized carbons (Fsp3) is 0.158. The van der Waals surface area contributed by atoms with Crippen molar-refractivity contribution < 1.29 is 23.9 Å². The van der Waals surface area contributed by atoms with Crippen LogP contribution in [0.5, 0.6) is 17.2 Å². The van der Waals surface area contributed by atoms with Crippen molar-refractivity contribution in [3.8, 4) is 28.5 Å². The molecule has 2 heterocycles. The summed E-state index contributed by atoms with van der Waals surface area (Å²) in [5.41, 5.74) is 1.20. The number of ether oxygens (including phenoxy) is 3. The highest BCUT2D eigenvalue weighted by Gasteiger charge is 2.20. The Morgan fingerprint density at radius 2 is 2.07 bits per heavy atom. The zero-order valence-electron chi connectivity index (χ0n) is 15.3. The van der Waals surface area contributed by atoms with Crippen LogP contribution in [0.15, 0.2) is 42.5 Å². The molecule has 3 aromatic rings. The van der Waals surface area contributed by atoms with E-state index in [0.717, 1.165) is 5.56 Å². The number of nitro groups is 1. The Morgan fingerprint density at radius 1 is 1.24 bits per heavy atom. The fourth-order valence-electron chi connectivity index (χ4n) is 2.86. The van der Waals surface area contributed by atoms with E-state index in [-0.39, 0.29) is 23.9 Å². The minimum atomic E-state index is -0.580. The van der Waals surface area contributed by atoms with E-state index in [1.165, 1.54) is 12.1 Å². The zero-order chi connectivity index (χ0) is 20.4. The lowest BCUT2D eigenvalue weighted by Crippen LogP contribution is -2.13. The molecule has 29 heavy (non-hydrogen) atoms. The van der Waals surface area contributed by atoms with Crippen LogP contribution in [-0.4, -0.2) is 34.4 Å². The molecule has 0 saturated heterocycles. The van der Waals surface area contributed by atoms with E-state index in [1.54, 1.807) is 37.3 Å². The summed E-state index contributed by atoms with van der Waals surface area (Å²) in [5.74, 6) is 1.03. The molecule has 0 radical (unpaired) electrons. The number of amides is 1. The third-order valence-electron chi connectivity index (χ3n) is 4.22. The van der Waals surface area contributed by atoms with Crippen LogP contribution < -0.4 is 19.5 Å². The summed E-state index contributed by atoms with van der Waals surface area (Å²) >= 11 is 0. The van der Waals surface area contributed by atoms with Crippen molar-refractivity contribution >= 4 is 17.3 Å². The second-order valence-corrected chi connectivity index (χ2v) is 6.06. The Kier molecular flexibility index (Phi) is 4.73. The number of nitrogens with zero attached hydrogens (tertiary/aromatic N) is 2. The highest BCUT2D eigenvalue weighted by atomic mass is 16.7. The van der Waals surface area contributed by atoms with E-state index < -0.39 is 10.8 Å². The van der Waals surface area contributed by atoms with E-state index in [4.69, 9.17) is 14.2 Å². The van der Waals surface area contributed by atoms with Crippen LogP contribution in [0, 0.1) is 10.1 Å². The molecular weight excluding hydrogens is 380 g/mol. The standard InChI is InChI=1S/C19H16N4O6/c1-2-27-12-4-5-13(16(8-12)23(25)26)20-19(24)15-9-14(21-22-15)11-3-6-17-18(7-11)29-10-28-17/h3-9H,2,10H2,1H3,(H,20,24)(H,21,22). The molecule has 0 bridgehead atoms. The molecule has 2 aromatic carbocycles. The maximum Gasteiger partial charge on any atom is 0.296 e. The largest absolute Gasteiger partial charge is 0.494 e. The number of fused-ring (bicyclic) bond motifs is 1. The lowest BCUT2D eigenvalue weighted by atomic mass is 10.1. The quantitative estimate of drug-likeness (QED) is 0.483. The summed E-state index contributed by atoms with van der Waals surface area (Å²) in [5, 5.41) is 20.6. The van der Waals surface area contributed by atoms with Gasteiger partial charge in [0.1, 0.15) is 17.1 Å². The monoisotopic (exact) mass is 396 g/mol. The second kappa shape index (κ2) is 7.50. The number of hydrogen-bond donors (Lipinski definition) is 2. The van der Waals surface area contributed by atoms with Crippen LogP contribution in [0.4, 0.5) is 11.4 Å². The normalized spacial score (nSPS) is 11.9. The van der Waals surface area contributed by atoms with Gasteiger partial charge >= 0.3 is 0 Å². The first kappa shape index (κ1) is 18.3. The van der Waals surface area contributed by atoms with Gasteiger partial charge in [-0.2, -0.15) is 5.10 Å². The third kappa shape index (κ3) is 3.68. The summed E-state index contributed by atoms with van der Waals surface area (Å²) in [6.07, 6.45) is 0. The molecule has 0 unspecified atom stereocenters. The summed E-state index contributed by atoms with van der Waals surface area (Å²) < 4.78 is 15.9. The van der Waals surface area contributed by atoms with Gasteiger partial charge in [-0.3, -0.25) is 20.0 Å². The first-order valence-electron chi connectivity index (χ1n) is 8.73. The van der Waals surface area contributed by atoms with Crippen molar-refractivity contribution in [2.24, 2.45) is 0 Å². The molecule has 4 rings (SSSR count). The van der Waals surface area contributed by atoms with Crippen molar-refractivity contribution in [2.75, 3.05) is 18.7 Å². The molecule has 1 aliphatic heterocycles. The first-order chi connectivity index (χ1) is 14.0. The highest BCUT2D eigenvalue weighted by Crippen LogP contribution is 2.35. The Labute approximate surface area is 164 Å². The second-order valence-electron chi connectivity index (χ2n) is 6.06. The number of nitrogens with one attached hydrogen (secondary N) is 2. The number of rotatable bonds is 6. The average Bonchev–Trinajstić information content (AvgIpc) is 3.38. The summed E-state index contributed by atoms with van der Waals surface area (Å²) in [7, 11) is 0. The van der Waals surface area contributed by atoms with Gasteiger partial charge in [0.15, 0.2) is 11.5 Å². The van der Waals surface area contributed by atoms with Gasteiger partial charge in [0, 0.05) is 5.56 Å². The Morgan fingerprint density at radius 3 is 2.86 bits per heavy atom. The van der Waals surface area contributed by atoms with E-state index >= 15 is 0 Å². The summed E-state index contributed by atoms with van der Waals surface area (Å²) in [4.78, 5) is 23.3. The number of H-pyrrole nitrogens is 1. The van der Waals surface area contributed by atoms with E-state index in [9.17, 15) is 14.9 Å². The minimum Gasteiger partial charge on any atom is -0.494 e. The average molecular weight is 396 g/mol. The molecule has 148 valence electrons. The van der Waals surface area contributed by atoms with Crippen molar-refractivity contribution in [3.05, 3.63) is 58.3 Å². The molecule has 10 nitrogen and oxygen atoms in total. The van der Waals surface area contributed by atoms with Crippen LogP contribution in [-0.2, 0) is 0 Å². The number of anilines is 1. The molecule has 1 aliphatic rings. The minimum absolute atomic E-state index is 0.0580. The van der Waals surface area contributed by atoms with Gasteiger partial charge in [0.25, 0.3) is 11.6 Å². The van der Waals surface area contributed by atoms with E-state index in [2.05, 4.69) is 15.5 Å². The van der Waals surface area contributed by atoms with E-state index in [1.807, 2.05) is 0 Å². The zero-order valence-corrected chi connectivity index (χ0v) is 15.3. The number of hydrogen-bond acceptors (Lipinski definition) is 7. The maximum atomic E-state index is 12.6. The predicted octanol–water partition coefficient (Wildman–Crippen LogP) is 3.36. The molecule has 0 saturated carbocycles. The number of benzene rings is 2. The van der Waals surface area contributed by atoms with Crippen LogP contribution in [0.1, 0.15) is 17.4 Å². The maximum absolute atomic E-state index is 12.6. The van der Waals surface area contributed by atoms with Gasteiger partial charge in [0.2, 0.25) is 6.79 Å². The Balaban J connectivity index is 1.55. The van der Waals surface area contributed by atoms with Gasteiger partial charge in [0.05, 0.1) is 23.3 Å². The molecular formula is C19H16N4O6. The Bertz CT molecular complexity index is 1090. The Hall–Kier alpha value is -4.08. The lowest BCUT2D eigenvalue weighted by molar-refractivity contribution is -0.384. The highest BCUT2D eigenvalue weighted by molar-refractivity contribution is 6.04. The van der Waals surface area contributed by atoms with Gasteiger partial charge in [-0.05, 0) is 43.3 Å². The predicted molar refractivity (Wildman–Crippen MR) is 102 cm³/mol. The topological polar surface area (TPSA) is 129 Å². The number of carbonyl (C=O) groups excluding carboxylic acids is 1. The number of carbonyl (C=O) groups is 1. The smallest absolute Gasteiger partial charge is 0.296 e. The van der Waals surface area contributed by atoms with Gasteiger partial charge < -0.3 is 19.5 Å². The fourth-order valence-corrected chi connectivity index (χ4v) is 2.86. The molecule has 0 spiro atoms. The van der Waals surface area contributed by atoms with Crippen molar-refractivity contribution in [2.45, 2.75) is 6.92 Å². The van der Waals surface area contributed by atoms with Gasteiger partial charge in [-0.25, -0.2) is 0 Å². The van der Waals surface area contributed by atoms with Gasteiger partial charge in [-0.15, -0.1) is 0 Å². The van der Waals surface area contributed by atoms with Crippen LogP contribution in [0.2, 0.25) is 0 Å². The molecule has 10 heteroatoms. The molecule has 2 N–H and O–H groups in total. The van der Waals surface area contributed by atoms with Gasteiger partial charge in [-0.1, -0.05) is 0 Å². The van der Waals surface area contributed by atoms with Crippen molar-refractivity contribution in [1.82, 2.24) is 10.2 Å². The molecule has 1 amide bonds. The number of aromatic nitrogens is 2. The molecule has 1 aromatic heterocycles. The number of aromatic amines is 1. The summed E-state index contributed by atoms with van der Waals surface area (Å²) in [6.45, 7) is 2.31. The molecule has 0 aliphatic carbocycles. The number of nitro benzene ring substituents is 1. The summed E-state index contributed by atoms with van der Waals surface area (Å²) in [6, 6.07) is 11.1. The van der Waals surface area contributed by atoms with E-state index in [0.29, 0.717) is 29.5 Å². The van der Waals surface area contributed by atoms with Crippen molar-refractivity contribution in [3.63, 3.8) is 0 Å². The SMILES string of the molecule is CCOc1ccc(NC(=O)c2cc(-c3ccc4c(c3)OCO4)n[nH]2)c([N+](=O)[O-])c1.